The monoisotopic (exact) mass is 674 g/mol. The Morgan fingerprint density at radius 2 is 1.40 bits per heavy atom. The molecule has 14 heteroatoms. The summed E-state index contributed by atoms with van der Waals surface area (Å²) in [7, 11) is 2.10. The summed E-state index contributed by atoms with van der Waals surface area (Å²) >= 11 is 0. The van der Waals surface area contributed by atoms with Crippen LogP contribution in [0.4, 0.5) is 4.79 Å². The van der Waals surface area contributed by atoms with E-state index in [4.69, 9.17) is 10.4 Å². The van der Waals surface area contributed by atoms with Crippen LogP contribution >= 0.6 is 0 Å². The number of urea groups is 1. The van der Waals surface area contributed by atoms with Gasteiger partial charge in [-0.1, -0.05) is 60.7 Å². The van der Waals surface area contributed by atoms with Gasteiger partial charge in [0, 0.05) is 6.54 Å². The van der Waals surface area contributed by atoms with E-state index in [1.165, 1.54) is 14.4 Å². The maximum atomic E-state index is 13.3. The molecule has 2 unspecified atom stereocenters. The van der Waals surface area contributed by atoms with Crippen molar-refractivity contribution in [1.82, 2.24) is 26.5 Å². The van der Waals surface area contributed by atoms with Gasteiger partial charge in [-0.05, 0) is 17.5 Å². The van der Waals surface area contributed by atoms with Crippen LogP contribution in [-0.4, -0.2) is 50.6 Å². The third kappa shape index (κ3) is 13.3. The number of nitrogens with zero attached hydrogens (tertiary/aromatic N) is 2. The number of benzene rings is 4. The van der Waals surface area contributed by atoms with Gasteiger partial charge in [-0.25, -0.2) is 0 Å². The van der Waals surface area contributed by atoms with Gasteiger partial charge in [0.15, 0.2) is 0 Å². The number of nitrogens with two attached hydrogens (primary N) is 1. The SMILES string of the molecule is COB=NC(NCc1ccc(CNB(C)O)cc1)NC(=O)NC(N)=NCc1ccc(CNC(=O)C(Cc2ccccc2)c2ccccc2)cc1. The molecule has 0 heterocycles. The van der Waals surface area contributed by atoms with Crippen LogP contribution in [0.3, 0.4) is 0 Å². The van der Waals surface area contributed by atoms with Gasteiger partial charge in [-0.2, -0.15) is 0 Å². The van der Waals surface area contributed by atoms with Crippen molar-refractivity contribution in [1.29, 1.82) is 0 Å². The van der Waals surface area contributed by atoms with Crippen LogP contribution in [-0.2, 0) is 42.0 Å². The summed E-state index contributed by atoms with van der Waals surface area (Å²) in [5, 5.41) is 23.8. The zero-order valence-electron chi connectivity index (χ0n) is 28.4. The zero-order valence-corrected chi connectivity index (χ0v) is 28.4. The van der Waals surface area contributed by atoms with Crippen molar-refractivity contribution in [2.45, 2.75) is 51.6 Å². The summed E-state index contributed by atoms with van der Waals surface area (Å²) < 4.78 is 4.92. The van der Waals surface area contributed by atoms with Crippen molar-refractivity contribution >= 4 is 32.2 Å². The Bertz CT molecular complexity index is 1680. The van der Waals surface area contributed by atoms with E-state index in [2.05, 4.69) is 36.4 Å². The van der Waals surface area contributed by atoms with E-state index in [0.29, 0.717) is 26.1 Å². The van der Waals surface area contributed by atoms with Gasteiger partial charge in [0.1, 0.15) is 0 Å². The van der Waals surface area contributed by atoms with Crippen LogP contribution < -0.4 is 32.2 Å². The first-order chi connectivity index (χ1) is 24.3. The molecular formula is C36H44B2N8O4. The minimum atomic E-state index is -0.798. The molecule has 2 atom stereocenters. The van der Waals surface area contributed by atoms with E-state index in [0.717, 1.165) is 33.4 Å². The number of guanidine groups is 1. The maximum absolute atomic E-state index is 13.3. The van der Waals surface area contributed by atoms with Gasteiger partial charge in [0.2, 0.25) is 5.91 Å². The van der Waals surface area contributed by atoms with Crippen LogP contribution in [0.1, 0.15) is 39.3 Å². The molecule has 0 aliphatic rings. The van der Waals surface area contributed by atoms with Gasteiger partial charge >= 0.3 is 188 Å². The van der Waals surface area contributed by atoms with Gasteiger partial charge in [0.25, 0.3) is 0 Å². The summed E-state index contributed by atoms with van der Waals surface area (Å²) in [6.07, 6.45) is -0.188. The first kappa shape index (κ1) is 37.5. The Hall–Kier alpha value is -5.30. The van der Waals surface area contributed by atoms with Crippen molar-refractivity contribution in [3.05, 3.63) is 143 Å². The molecule has 0 bridgehead atoms. The van der Waals surface area contributed by atoms with Gasteiger partial charge in [-0.3, -0.25) is 4.79 Å². The average Bonchev–Trinajstić information content (AvgIpc) is 3.13. The quantitative estimate of drug-likeness (QED) is 0.0390. The average molecular weight is 674 g/mol. The molecule has 8 N–H and O–H groups in total. The van der Waals surface area contributed by atoms with Crippen molar-refractivity contribution in [3.63, 3.8) is 0 Å². The molecule has 0 fully saturated rings. The third-order valence-electron chi connectivity index (χ3n) is 7.67. The summed E-state index contributed by atoms with van der Waals surface area (Å²) in [4.78, 5) is 34.4. The van der Waals surface area contributed by atoms with Crippen LogP contribution in [0.5, 0.6) is 0 Å². The number of aliphatic imine (C=N–C) groups is 1. The number of carbonyl (C=O) groups excluding carboxylic acids is 2. The van der Waals surface area contributed by atoms with Crippen LogP contribution in [0.2, 0.25) is 6.82 Å². The fourth-order valence-electron chi connectivity index (χ4n) is 4.98. The molecule has 0 saturated heterocycles. The summed E-state index contributed by atoms with van der Waals surface area (Å²) in [6, 6.07) is 34.7. The van der Waals surface area contributed by atoms with Gasteiger partial charge in [-0.15, -0.1) is 0 Å². The molecule has 3 amide bonds. The van der Waals surface area contributed by atoms with Crippen molar-refractivity contribution in [2.24, 2.45) is 15.6 Å². The van der Waals surface area contributed by atoms with Crippen molar-refractivity contribution in [3.8, 4) is 0 Å². The Labute approximate surface area is 294 Å². The second-order valence-electron chi connectivity index (χ2n) is 11.6. The number of rotatable bonds is 17. The second-order valence-corrected chi connectivity index (χ2v) is 11.6. The molecule has 4 aromatic carbocycles. The number of carbonyl (C=O) groups is 2. The first-order valence-corrected chi connectivity index (χ1v) is 16.4. The van der Waals surface area contributed by atoms with Crippen molar-refractivity contribution < 1.29 is 19.3 Å². The Morgan fingerprint density at radius 1 is 0.820 bits per heavy atom. The fraction of sp³-hybridized carbons (Fsp3) is 0.250. The molecule has 0 aromatic heterocycles. The predicted molar refractivity (Wildman–Crippen MR) is 198 cm³/mol. The molecule has 50 heavy (non-hydrogen) atoms. The van der Waals surface area contributed by atoms with E-state index in [1.54, 1.807) is 6.82 Å². The van der Waals surface area contributed by atoms with Gasteiger partial charge < -0.3 is 5.32 Å². The van der Waals surface area contributed by atoms with Crippen LogP contribution in [0, 0.1) is 0 Å². The topological polar surface area (TPSA) is 174 Å². The summed E-state index contributed by atoms with van der Waals surface area (Å²) in [5.41, 5.74) is 11.9. The molecule has 0 saturated carbocycles. The molecule has 4 aromatic rings. The third-order valence-corrected chi connectivity index (χ3v) is 7.67. The minimum absolute atomic E-state index is 0.0346. The first-order valence-electron chi connectivity index (χ1n) is 16.4. The molecule has 0 aliphatic heterocycles. The number of amides is 3. The number of hydrogen-bond donors (Lipinski definition) is 7. The van der Waals surface area contributed by atoms with E-state index in [9.17, 15) is 14.6 Å². The Kier molecular flexibility index (Phi) is 15.2. The second kappa shape index (κ2) is 20.3. The van der Waals surface area contributed by atoms with Crippen molar-refractivity contribution in [2.75, 3.05) is 7.11 Å². The number of nitrogens with one attached hydrogen (secondary N) is 5. The summed E-state index contributed by atoms with van der Waals surface area (Å²) in [6.45, 7) is 3.27. The molecule has 0 radical (unpaired) electrons. The molecule has 4 rings (SSSR count). The van der Waals surface area contributed by atoms with Gasteiger partial charge in [0.05, 0.1) is 5.92 Å². The molecular weight excluding hydrogens is 630 g/mol. The summed E-state index contributed by atoms with van der Waals surface area (Å²) in [5.74, 6) is -0.395. The molecule has 12 nitrogen and oxygen atoms in total. The standard InChI is InChI=1S/C36H44B2N8O4/c1-38(49)43-25-30-19-17-29(18-20-30)24-42-35(46-37-50-2)45-36(48)44-34(39)41-23-28-15-13-27(14-16-28)22-40-33(47)32(31-11-7-4-8-12-31)21-26-9-5-3-6-10-26/h3-20,32,35,42-43,49H,21-25H2,1-2H3,(H,40,47)(H4,39,41,44,45,48). The Balaban J connectivity index is 1.24. The van der Waals surface area contributed by atoms with E-state index >= 15 is 0 Å². The van der Waals surface area contributed by atoms with E-state index < -0.39 is 19.4 Å². The van der Waals surface area contributed by atoms with Crippen LogP contribution in [0.25, 0.3) is 0 Å². The predicted octanol–water partition coefficient (Wildman–Crippen LogP) is 3.17. The molecule has 258 valence electrons. The van der Waals surface area contributed by atoms with E-state index in [1.807, 2.05) is 109 Å². The van der Waals surface area contributed by atoms with Crippen LogP contribution in [0.15, 0.2) is 119 Å². The molecule has 0 spiro atoms. The Morgan fingerprint density at radius 3 is 2.02 bits per heavy atom. The molecule has 0 aliphatic carbocycles. The van der Waals surface area contributed by atoms with E-state index in [-0.39, 0.29) is 24.3 Å². The fourth-order valence-corrected chi connectivity index (χ4v) is 4.98. The zero-order chi connectivity index (χ0) is 35.6. The normalized spacial score (nSPS) is 12.4. The number of hydrogen-bond acceptors (Lipinski definition) is 8.